The van der Waals surface area contributed by atoms with Gasteiger partial charge in [0.15, 0.2) is 0 Å². The molecule has 1 unspecified atom stereocenters. The number of aromatic nitrogens is 2. The maximum absolute atomic E-state index is 13.3. The number of carboxylic acids is 1. The van der Waals surface area contributed by atoms with Crippen molar-refractivity contribution in [3.8, 4) is 5.69 Å². The molecule has 1 atom stereocenters. The average molecular weight is 545 g/mol. The van der Waals surface area contributed by atoms with E-state index in [2.05, 4.69) is 5.32 Å². The van der Waals surface area contributed by atoms with Crippen molar-refractivity contribution in [3.63, 3.8) is 0 Å². The van der Waals surface area contributed by atoms with Gasteiger partial charge in [-0.25, -0.2) is 9.59 Å². The molecule has 1 aromatic heterocycles. The molecule has 5 rings (SSSR count). The standard InChI is InChI=1S/C26H20Cl3N3O4/c27-17-3-1-4-18(28)22(17)24(33)30-20(25(34)35)13-14-7-9-16(10-8-14)32-23-19(29)5-2-6-21(23)31(26(32)36)15-11-12-15/h1-10,15,20H,11-13H2,(H,30,33)(H,34,35). The first kappa shape index (κ1) is 24.4. The van der Waals surface area contributed by atoms with Crippen LogP contribution in [0.4, 0.5) is 0 Å². The van der Waals surface area contributed by atoms with E-state index in [0.29, 0.717) is 21.8 Å². The van der Waals surface area contributed by atoms with Gasteiger partial charge < -0.3 is 10.4 Å². The molecule has 3 aromatic carbocycles. The van der Waals surface area contributed by atoms with E-state index in [1.54, 1.807) is 45.5 Å². The fourth-order valence-electron chi connectivity index (χ4n) is 4.31. The molecule has 1 heterocycles. The summed E-state index contributed by atoms with van der Waals surface area (Å²) in [7, 11) is 0. The third-order valence-electron chi connectivity index (χ3n) is 6.19. The predicted molar refractivity (Wildman–Crippen MR) is 140 cm³/mol. The summed E-state index contributed by atoms with van der Waals surface area (Å²) < 4.78 is 3.36. The number of halogens is 3. The highest BCUT2D eigenvalue weighted by atomic mass is 35.5. The predicted octanol–water partition coefficient (Wildman–Crippen LogP) is 5.51. The van der Waals surface area contributed by atoms with E-state index in [-0.39, 0.29) is 33.8 Å². The topological polar surface area (TPSA) is 93.3 Å². The minimum atomic E-state index is -1.22. The van der Waals surface area contributed by atoms with Gasteiger partial charge in [0, 0.05) is 12.5 Å². The van der Waals surface area contributed by atoms with Crippen LogP contribution in [0.25, 0.3) is 16.7 Å². The highest BCUT2D eigenvalue weighted by molar-refractivity contribution is 6.39. The third kappa shape index (κ3) is 4.50. The number of fused-ring (bicyclic) bond motifs is 1. The number of rotatable bonds is 7. The summed E-state index contributed by atoms with van der Waals surface area (Å²) in [5.41, 5.74) is 2.54. The monoisotopic (exact) mass is 543 g/mol. The van der Waals surface area contributed by atoms with E-state index in [1.165, 1.54) is 12.1 Å². The second-order valence-electron chi connectivity index (χ2n) is 8.66. The molecule has 1 aliphatic carbocycles. The number of carbonyl (C=O) groups excluding carboxylic acids is 1. The zero-order valence-corrected chi connectivity index (χ0v) is 21.0. The van der Waals surface area contributed by atoms with E-state index < -0.39 is 17.9 Å². The van der Waals surface area contributed by atoms with E-state index in [9.17, 15) is 19.5 Å². The van der Waals surface area contributed by atoms with Crippen molar-refractivity contribution >= 4 is 57.7 Å². The fraction of sp³-hybridized carbons (Fsp3) is 0.192. The van der Waals surface area contributed by atoms with Gasteiger partial charge in [-0.3, -0.25) is 13.9 Å². The Labute approximate surface area is 220 Å². The van der Waals surface area contributed by atoms with Crippen LogP contribution in [-0.4, -0.2) is 32.2 Å². The van der Waals surface area contributed by atoms with Crippen molar-refractivity contribution in [1.82, 2.24) is 14.5 Å². The molecule has 36 heavy (non-hydrogen) atoms. The molecule has 2 N–H and O–H groups in total. The molecule has 0 aliphatic heterocycles. The Morgan fingerprint density at radius 1 is 0.944 bits per heavy atom. The summed E-state index contributed by atoms with van der Waals surface area (Å²) in [6.07, 6.45) is 1.92. The Bertz CT molecular complexity index is 1540. The van der Waals surface area contributed by atoms with E-state index in [1.807, 2.05) is 12.1 Å². The molecule has 1 fully saturated rings. The molecule has 184 valence electrons. The summed E-state index contributed by atoms with van der Waals surface area (Å²) >= 11 is 18.6. The lowest BCUT2D eigenvalue weighted by Crippen LogP contribution is -2.42. The van der Waals surface area contributed by atoms with Gasteiger partial charge >= 0.3 is 11.7 Å². The van der Waals surface area contributed by atoms with Crippen molar-refractivity contribution in [1.29, 1.82) is 0 Å². The normalized spacial score (nSPS) is 14.1. The number of carboxylic acid groups (broad SMARTS) is 1. The first-order valence-electron chi connectivity index (χ1n) is 11.2. The average Bonchev–Trinajstić information content (AvgIpc) is 3.62. The van der Waals surface area contributed by atoms with Crippen LogP contribution in [0.1, 0.15) is 34.8 Å². The van der Waals surface area contributed by atoms with Gasteiger partial charge in [-0.2, -0.15) is 0 Å². The van der Waals surface area contributed by atoms with Crippen molar-refractivity contribution in [2.45, 2.75) is 31.3 Å². The van der Waals surface area contributed by atoms with Crippen molar-refractivity contribution in [2.75, 3.05) is 0 Å². The summed E-state index contributed by atoms with van der Waals surface area (Å²) in [4.78, 5) is 37.9. The SMILES string of the molecule is O=C(NC(Cc1ccc(-n2c(=O)n(C3CC3)c3cccc(Cl)c32)cc1)C(=O)O)c1c(Cl)cccc1Cl. The molecular weight excluding hydrogens is 525 g/mol. The molecule has 0 saturated heterocycles. The van der Waals surface area contributed by atoms with Crippen LogP contribution in [0.3, 0.4) is 0 Å². The van der Waals surface area contributed by atoms with Gasteiger partial charge in [-0.15, -0.1) is 0 Å². The minimum absolute atomic E-state index is 0.0168. The largest absolute Gasteiger partial charge is 0.480 e. The third-order valence-corrected chi connectivity index (χ3v) is 7.12. The smallest absolute Gasteiger partial charge is 0.334 e. The minimum Gasteiger partial charge on any atom is -0.480 e. The summed E-state index contributed by atoms with van der Waals surface area (Å²) in [6, 6.07) is 15.9. The van der Waals surface area contributed by atoms with Gasteiger partial charge in [0.2, 0.25) is 0 Å². The van der Waals surface area contributed by atoms with Crippen molar-refractivity contribution in [2.24, 2.45) is 0 Å². The van der Waals surface area contributed by atoms with Gasteiger partial charge in [-0.1, -0.05) is 59.1 Å². The Kier molecular flexibility index (Phi) is 6.55. The van der Waals surface area contributed by atoms with Crippen LogP contribution in [0.5, 0.6) is 0 Å². The zero-order chi connectivity index (χ0) is 25.6. The van der Waals surface area contributed by atoms with Gasteiger partial charge in [0.05, 0.1) is 37.4 Å². The maximum Gasteiger partial charge on any atom is 0.334 e. The van der Waals surface area contributed by atoms with Gasteiger partial charge in [0.25, 0.3) is 5.91 Å². The van der Waals surface area contributed by atoms with Crippen LogP contribution < -0.4 is 11.0 Å². The molecule has 1 aliphatic rings. The molecule has 7 nitrogen and oxygen atoms in total. The second kappa shape index (κ2) is 9.65. The number of hydrogen-bond donors (Lipinski definition) is 2. The highest BCUT2D eigenvalue weighted by Gasteiger charge is 2.30. The fourth-order valence-corrected chi connectivity index (χ4v) is 5.14. The number of imidazole rings is 1. The number of para-hydroxylation sites is 1. The molecular formula is C26H20Cl3N3O4. The Morgan fingerprint density at radius 2 is 1.56 bits per heavy atom. The van der Waals surface area contributed by atoms with Crippen LogP contribution in [0.2, 0.25) is 15.1 Å². The number of aliphatic carboxylic acids is 1. The number of benzene rings is 3. The van der Waals surface area contributed by atoms with Crippen LogP contribution in [-0.2, 0) is 11.2 Å². The van der Waals surface area contributed by atoms with Crippen molar-refractivity contribution < 1.29 is 14.7 Å². The Morgan fingerprint density at radius 3 is 2.17 bits per heavy atom. The summed E-state index contributed by atoms with van der Waals surface area (Å²) in [6.45, 7) is 0. The lowest BCUT2D eigenvalue weighted by Gasteiger charge is -2.16. The Balaban J connectivity index is 1.42. The first-order valence-corrected chi connectivity index (χ1v) is 12.4. The molecule has 0 radical (unpaired) electrons. The second-order valence-corrected chi connectivity index (χ2v) is 9.88. The van der Waals surface area contributed by atoms with Crippen LogP contribution in [0, 0.1) is 0 Å². The van der Waals surface area contributed by atoms with Crippen molar-refractivity contribution in [3.05, 3.63) is 97.3 Å². The molecule has 4 aromatic rings. The number of amides is 1. The van der Waals surface area contributed by atoms with E-state index in [4.69, 9.17) is 34.8 Å². The number of hydrogen-bond acceptors (Lipinski definition) is 3. The molecule has 0 bridgehead atoms. The quantitative estimate of drug-likeness (QED) is 0.321. The van der Waals surface area contributed by atoms with E-state index >= 15 is 0 Å². The Hall–Kier alpha value is -3.26. The van der Waals surface area contributed by atoms with Gasteiger partial charge in [-0.05, 0) is 54.8 Å². The number of carbonyl (C=O) groups is 2. The molecule has 1 amide bonds. The number of nitrogens with one attached hydrogen (secondary N) is 1. The molecule has 10 heteroatoms. The highest BCUT2D eigenvalue weighted by Crippen LogP contribution is 2.38. The lowest BCUT2D eigenvalue weighted by atomic mass is 10.0. The summed E-state index contributed by atoms with van der Waals surface area (Å²) in [5, 5.41) is 12.9. The maximum atomic E-state index is 13.3. The van der Waals surface area contributed by atoms with E-state index in [0.717, 1.165) is 18.4 Å². The summed E-state index contributed by atoms with van der Waals surface area (Å²) in [5.74, 6) is -1.88. The molecule has 1 saturated carbocycles. The zero-order valence-electron chi connectivity index (χ0n) is 18.7. The van der Waals surface area contributed by atoms with Crippen LogP contribution >= 0.6 is 34.8 Å². The first-order chi connectivity index (χ1) is 17.3. The lowest BCUT2D eigenvalue weighted by molar-refractivity contribution is -0.139. The van der Waals surface area contributed by atoms with Gasteiger partial charge in [0.1, 0.15) is 6.04 Å². The van der Waals surface area contributed by atoms with Crippen LogP contribution in [0.15, 0.2) is 65.5 Å². The molecule has 0 spiro atoms. The number of nitrogens with zero attached hydrogens (tertiary/aromatic N) is 2.